The normalized spacial score (nSPS) is 14.6. The first-order valence-corrected chi connectivity index (χ1v) is 12.2. The van der Waals surface area contributed by atoms with Gasteiger partial charge in [-0.25, -0.2) is 13.9 Å². The zero-order valence-corrected chi connectivity index (χ0v) is 21.5. The molecule has 1 aliphatic heterocycles. The molecule has 1 saturated heterocycles. The van der Waals surface area contributed by atoms with Crippen LogP contribution < -0.4 is 5.32 Å². The van der Waals surface area contributed by atoms with Gasteiger partial charge in [0.1, 0.15) is 11.4 Å². The number of nitrogens with one attached hydrogen (secondary N) is 1. The van der Waals surface area contributed by atoms with Gasteiger partial charge in [-0.1, -0.05) is 17.7 Å². The van der Waals surface area contributed by atoms with Gasteiger partial charge in [0.05, 0.1) is 23.1 Å². The Balaban J connectivity index is 1.64. The Morgan fingerprint density at radius 3 is 2.33 bits per heavy atom. The number of hydrogen-bond acceptors (Lipinski definition) is 4. The van der Waals surface area contributed by atoms with Crippen LogP contribution in [-0.4, -0.2) is 45.4 Å². The van der Waals surface area contributed by atoms with Gasteiger partial charge in [-0.05, 0) is 83.4 Å². The standard InChI is InChI=1S/C28H33FN4O3/c1-18-6-11-24(19(2)16-18)33-25(20-12-14-32(15-13-20)27(35)36-28(3,4)5)23(17-30-33)26(34)31-22-9-7-21(29)8-10-22/h6-11,16-17,20H,12-15H2,1-5H3,(H,31,34). The molecule has 2 amide bonds. The van der Waals surface area contributed by atoms with Crippen LogP contribution in [0.5, 0.6) is 0 Å². The molecule has 2 heterocycles. The summed E-state index contributed by atoms with van der Waals surface area (Å²) in [4.78, 5) is 27.6. The maximum Gasteiger partial charge on any atom is 0.410 e. The Labute approximate surface area is 211 Å². The second kappa shape index (κ2) is 10.1. The number of carbonyl (C=O) groups excluding carboxylic acids is 2. The van der Waals surface area contributed by atoms with Crippen LogP contribution in [0.3, 0.4) is 0 Å². The van der Waals surface area contributed by atoms with Crippen molar-refractivity contribution in [3.63, 3.8) is 0 Å². The maximum atomic E-state index is 13.3. The molecule has 0 radical (unpaired) electrons. The third-order valence-corrected chi connectivity index (χ3v) is 6.27. The molecule has 2 aromatic carbocycles. The van der Waals surface area contributed by atoms with Crippen molar-refractivity contribution in [3.05, 3.63) is 76.9 Å². The molecule has 0 bridgehead atoms. The first-order chi connectivity index (χ1) is 17.0. The molecule has 0 atom stereocenters. The number of piperidine rings is 1. The van der Waals surface area contributed by atoms with E-state index in [1.807, 2.05) is 51.4 Å². The van der Waals surface area contributed by atoms with Gasteiger partial charge in [-0.2, -0.15) is 5.10 Å². The van der Waals surface area contributed by atoms with E-state index in [1.54, 1.807) is 11.1 Å². The lowest BCUT2D eigenvalue weighted by molar-refractivity contribution is 0.0203. The molecule has 0 unspecified atom stereocenters. The number of anilines is 1. The van der Waals surface area contributed by atoms with Gasteiger partial charge in [0.15, 0.2) is 0 Å². The lowest BCUT2D eigenvalue weighted by atomic mass is 9.90. The van der Waals surface area contributed by atoms with Gasteiger partial charge in [0.2, 0.25) is 0 Å². The summed E-state index contributed by atoms with van der Waals surface area (Å²) >= 11 is 0. The minimum atomic E-state index is -0.554. The maximum absolute atomic E-state index is 13.3. The fraction of sp³-hybridized carbons (Fsp3) is 0.393. The first kappa shape index (κ1) is 25.4. The number of aromatic nitrogens is 2. The number of nitrogens with zero attached hydrogens (tertiary/aromatic N) is 3. The summed E-state index contributed by atoms with van der Waals surface area (Å²) in [5.74, 6) is -0.656. The molecule has 7 nitrogen and oxygen atoms in total. The van der Waals surface area contributed by atoms with Crippen molar-refractivity contribution < 1.29 is 18.7 Å². The Kier molecular flexibility index (Phi) is 7.15. The fourth-order valence-corrected chi connectivity index (χ4v) is 4.55. The minimum Gasteiger partial charge on any atom is -0.444 e. The predicted octanol–water partition coefficient (Wildman–Crippen LogP) is 6.00. The summed E-state index contributed by atoms with van der Waals surface area (Å²) in [7, 11) is 0. The quantitative estimate of drug-likeness (QED) is 0.485. The third-order valence-electron chi connectivity index (χ3n) is 6.27. The molecular formula is C28H33FN4O3. The van der Waals surface area contributed by atoms with E-state index in [0.29, 0.717) is 37.2 Å². The number of likely N-dealkylation sites (tertiary alicyclic amines) is 1. The summed E-state index contributed by atoms with van der Waals surface area (Å²) in [6, 6.07) is 11.8. The molecular weight excluding hydrogens is 459 g/mol. The van der Waals surface area contributed by atoms with E-state index >= 15 is 0 Å². The van der Waals surface area contributed by atoms with Gasteiger partial charge in [-0.3, -0.25) is 4.79 Å². The summed E-state index contributed by atoms with van der Waals surface area (Å²) < 4.78 is 20.7. The van der Waals surface area contributed by atoms with Crippen LogP contribution in [0.1, 0.15) is 66.7 Å². The molecule has 0 spiro atoms. The average molecular weight is 493 g/mol. The van der Waals surface area contributed by atoms with Crippen molar-refractivity contribution in [2.45, 2.75) is 59.0 Å². The Morgan fingerprint density at radius 1 is 1.06 bits per heavy atom. The van der Waals surface area contributed by atoms with E-state index < -0.39 is 5.60 Å². The van der Waals surface area contributed by atoms with Gasteiger partial charge >= 0.3 is 6.09 Å². The van der Waals surface area contributed by atoms with Crippen molar-refractivity contribution in [2.75, 3.05) is 18.4 Å². The molecule has 1 aromatic heterocycles. The fourth-order valence-electron chi connectivity index (χ4n) is 4.55. The highest BCUT2D eigenvalue weighted by Gasteiger charge is 2.32. The molecule has 1 aliphatic rings. The number of rotatable bonds is 4. The van der Waals surface area contributed by atoms with Crippen LogP contribution in [0.25, 0.3) is 5.69 Å². The van der Waals surface area contributed by atoms with Gasteiger partial charge in [0.25, 0.3) is 5.91 Å². The number of aryl methyl sites for hydroxylation is 2. The van der Waals surface area contributed by atoms with E-state index in [2.05, 4.69) is 16.5 Å². The highest BCUT2D eigenvalue weighted by atomic mass is 19.1. The van der Waals surface area contributed by atoms with Crippen molar-refractivity contribution in [2.24, 2.45) is 0 Å². The van der Waals surface area contributed by atoms with Crippen molar-refractivity contribution in [1.29, 1.82) is 0 Å². The summed E-state index contributed by atoms with van der Waals surface area (Å²) in [6.07, 6.45) is 2.62. The second-order valence-electron chi connectivity index (χ2n) is 10.3. The van der Waals surface area contributed by atoms with E-state index in [0.717, 1.165) is 22.5 Å². The molecule has 36 heavy (non-hydrogen) atoms. The van der Waals surface area contributed by atoms with Crippen molar-refractivity contribution in [1.82, 2.24) is 14.7 Å². The highest BCUT2D eigenvalue weighted by molar-refractivity contribution is 6.05. The van der Waals surface area contributed by atoms with Crippen LogP contribution in [0.15, 0.2) is 48.7 Å². The molecule has 3 aromatic rings. The van der Waals surface area contributed by atoms with Gasteiger partial charge in [0, 0.05) is 24.7 Å². The molecule has 1 fully saturated rings. The van der Waals surface area contributed by atoms with E-state index in [-0.39, 0.29) is 23.7 Å². The van der Waals surface area contributed by atoms with Crippen LogP contribution in [0, 0.1) is 19.7 Å². The van der Waals surface area contributed by atoms with Crippen LogP contribution >= 0.6 is 0 Å². The predicted molar refractivity (Wildman–Crippen MR) is 137 cm³/mol. The lowest BCUT2D eigenvalue weighted by Gasteiger charge is -2.34. The van der Waals surface area contributed by atoms with Gasteiger partial charge in [-0.15, -0.1) is 0 Å². The molecule has 0 saturated carbocycles. The molecule has 190 valence electrons. The number of ether oxygens (including phenoxy) is 1. The monoisotopic (exact) mass is 492 g/mol. The van der Waals surface area contributed by atoms with E-state index in [1.165, 1.54) is 24.3 Å². The molecule has 8 heteroatoms. The largest absolute Gasteiger partial charge is 0.444 e. The van der Waals surface area contributed by atoms with Crippen LogP contribution in [0.4, 0.5) is 14.9 Å². The third kappa shape index (κ3) is 5.75. The van der Waals surface area contributed by atoms with Crippen molar-refractivity contribution in [3.8, 4) is 5.69 Å². The lowest BCUT2D eigenvalue weighted by Crippen LogP contribution is -2.41. The van der Waals surface area contributed by atoms with Crippen LogP contribution in [0.2, 0.25) is 0 Å². The van der Waals surface area contributed by atoms with Crippen molar-refractivity contribution >= 4 is 17.7 Å². The first-order valence-electron chi connectivity index (χ1n) is 12.2. The van der Waals surface area contributed by atoms with E-state index in [9.17, 15) is 14.0 Å². The number of halogens is 1. The highest BCUT2D eigenvalue weighted by Crippen LogP contribution is 2.34. The molecule has 0 aliphatic carbocycles. The molecule has 4 rings (SSSR count). The Morgan fingerprint density at radius 2 is 1.72 bits per heavy atom. The number of carbonyl (C=O) groups is 2. The number of amides is 2. The minimum absolute atomic E-state index is 0.0147. The zero-order chi connectivity index (χ0) is 26.0. The summed E-state index contributed by atoms with van der Waals surface area (Å²) in [6.45, 7) is 10.7. The summed E-state index contributed by atoms with van der Waals surface area (Å²) in [5, 5.41) is 7.48. The number of hydrogen-bond donors (Lipinski definition) is 1. The Bertz CT molecular complexity index is 1250. The van der Waals surface area contributed by atoms with Gasteiger partial charge < -0.3 is 15.0 Å². The average Bonchev–Trinajstić information content (AvgIpc) is 3.24. The topological polar surface area (TPSA) is 76.5 Å². The second-order valence-corrected chi connectivity index (χ2v) is 10.3. The SMILES string of the molecule is Cc1ccc(-n2ncc(C(=O)Nc3ccc(F)cc3)c2C2CCN(C(=O)OC(C)(C)C)CC2)c(C)c1. The number of benzene rings is 2. The zero-order valence-electron chi connectivity index (χ0n) is 21.5. The Hall–Kier alpha value is -3.68. The summed E-state index contributed by atoms with van der Waals surface area (Å²) in [5.41, 5.74) is 4.33. The molecule has 1 N–H and O–H groups in total. The van der Waals surface area contributed by atoms with E-state index in [4.69, 9.17) is 4.74 Å². The smallest absolute Gasteiger partial charge is 0.410 e. The van der Waals surface area contributed by atoms with Crippen LogP contribution in [-0.2, 0) is 4.74 Å².